The van der Waals surface area contributed by atoms with Crippen LogP contribution in [0.5, 0.6) is 0 Å². The topological polar surface area (TPSA) is 67.2 Å². The zero-order chi connectivity index (χ0) is 13.1. The van der Waals surface area contributed by atoms with Gasteiger partial charge in [-0.1, -0.05) is 0 Å². The fraction of sp³-hybridized carbons (Fsp3) is 0.636. The number of aliphatic hydroxyl groups is 1. The van der Waals surface area contributed by atoms with Crippen LogP contribution in [-0.2, 0) is 11.3 Å². The average molecular weight is 257 g/mol. The molecule has 2 N–H and O–H groups in total. The number of hydrogen-bond donors (Lipinski definition) is 3. The molecule has 96 valence electrons. The van der Waals surface area contributed by atoms with Crippen molar-refractivity contribution in [3.63, 3.8) is 0 Å². The van der Waals surface area contributed by atoms with Crippen molar-refractivity contribution >= 4 is 24.2 Å². The Labute approximate surface area is 107 Å². The molecule has 0 unspecified atom stereocenters. The molecule has 6 heteroatoms. The van der Waals surface area contributed by atoms with Crippen LogP contribution < -0.4 is 5.32 Å². The Bertz CT molecular complexity index is 396. The number of carbonyl (C=O) groups is 1. The van der Waals surface area contributed by atoms with Crippen LogP contribution in [0.25, 0.3) is 0 Å². The van der Waals surface area contributed by atoms with Gasteiger partial charge in [-0.25, -0.2) is 0 Å². The number of aromatic nitrogens is 2. The van der Waals surface area contributed by atoms with Crippen molar-refractivity contribution in [3.8, 4) is 0 Å². The summed E-state index contributed by atoms with van der Waals surface area (Å²) >= 11 is 4.00. The molecular weight excluding hydrogens is 238 g/mol. The maximum atomic E-state index is 11.4. The van der Waals surface area contributed by atoms with E-state index in [0.717, 1.165) is 5.69 Å². The summed E-state index contributed by atoms with van der Waals surface area (Å²) in [6.45, 7) is 5.68. The summed E-state index contributed by atoms with van der Waals surface area (Å²) in [5, 5.41) is 16.6. The first-order chi connectivity index (χ1) is 7.83. The second-order valence-corrected chi connectivity index (χ2v) is 5.08. The Morgan fingerprint density at radius 1 is 1.65 bits per heavy atom. The number of nitrogens with one attached hydrogen (secondary N) is 1. The summed E-state index contributed by atoms with van der Waals surface area (Å²) in [6.07, 6.45) is 1.97. The molecule has 1 amide bonds. The zero-order valence-electron chi connectivity index (χ0n) is 10.4. The van der Waals surface area contributed by atoms with Crippen LogP contribution in [0.4, 0.5) is 5.69 Å². The van der Waals surface area contributed by atoms with E-state index in [2.05, 4.69) is 23.0 Å². The third kappa shape index (κ3) is 4.40. The van der Waals surface area contributed by atoms with E-state index < -0.39 is 5.60 Å². The molecule has 17 heavy (non-hydrogen) atoms. The number of hydrogen-bond acceptors (Lipinski definition) is 4. The Hall–Kier alpha value is -1.01. The highest BCUT2D eigenvalue weighted by Gasteiger charge is 2.17. The second-order valence-electron chi connectivity index (χ2n) is 4.64. The number of nitrogens with zero attached hydrogens (tertiary/aromatic N) is 2. The molecule has 0 radical (unpaired) electrons. The Morgan fingerprint density at radius 3 is 2.82 bits per heavy atom. The molecule has 1 heterocycles. The largest absolute Gasteiger partial charge is 0.389 e. The van der Waals surface area contributed by atoms with Crippen molar-refractivity contribution in [2.24, 2.45) is 0 Å². The monoisotopic (exact) mass is 257 g/mol. The van der Waals surface area contributed by atoms with Gasteiger partial charge in [0.2, 0.25) is 5.91 Å². The summed E-state index contributed by atoms with van der Waals surface area (Å²) in [5.74, 6) is 0.439. The van der Waals surface area contributed by atoms with Gasteiger partial charge in [0.25, 0.3) is 0 Å². The highest BCUT2D eigenvalue weighted by Crippen LogP contribution is 2.16. The minimum Gasteiger partial charge on any atom is -0.389 e. The smallest absolute Gasteiger partial charge is 0.225 e. The summed E-state index contributed by atoms with van der Waals surface area (Å²) in [4.78, 5) is 11.4. The number of thiol groups is 1. The van der Waals surface area contributed by atoms with E-state index in [0.29, 0.717) is 24.4 Å². The van der Waals surface area contributed by atoms with Crippen LogP contribution in [0.3, 0.4) is 0 Å². The summed E-state index contributed by atoms with van der Waals surface area (Å²) in [5.41, 5.74) is 0.684. The fourth-order valence-corrected chi connectivity index (χ4v) is 1.61. The van der Waals surface area contributed by atoms with Crippen LogP contribution in [0.1, 0.15) is 26.0 Å². The Kier molecular flexibility index (Phi) is 4.59. The maximum absolute atomic E-state index is 11.4. The van der Waals surface area contributed by atoms with E-state index in [1.807, 2.05) is 6.92 Å². The van der Waals surface area contributed by atoms with Crippen LogP contribution in [-0.4, -0.2) is 32.1 Å². The molecule has 0 fully saturated rings. The van der Waals surface area contributed by atoms with Crippen molar-refractivity contribution in [1.29, 1.82) is 0 Å². The Balaban J connectivity index is 2.74. The first-order valence-corrected chi connectivity index (χ1v) is 6.12. The van der Waals surface area contributed by atoms with Gasteiger partial charge < -0.3 is 10.4 Å². The van der Waals surface area contributed by atoms with Crippen molar-refractivity contribution in [1.82, 2.24) is 9.78 Å². The lowest BCUT2D eigenvalue weighted by Crippen LogP contribution is -2.27. The zero-order valence-corrected chi connectivity index (χ0v) is 11.3. The molecule has 0 aliphatic carbocycles. The molecule has 1 rings (SSSR count). The van der Waals surface area contributed by atoms with Crippen molar-refractivity contribution in [2.45, 2.75) is 39.3 Å². The van der Waals surface area contributed by atoms with Gasteiger partial charge in [0.05, 0.1) is 29.7 Å². The molecule has 1 aromatic heterocycles. The predicted octanol–water partition coefficient (Wildman–Crippen LogP) is 1.22. The first-order valence-electron chi connectivity index (χ1n) is 5.49. The number of carbonyl (C=O) groups excluding carboxylic acids is 1. The lowest BCUT2D eigenvalue weighted by Gasteiger charge is -2.18. The first kappa shape index (κ1) is 14.1. The molecule has 0 saturated heterocycles. The molecule has 5 nitrogen and oxygen atoms in total. The van der Waals surface area contributed by atoms with Crippen LogP contribution >= 0.6 is 12.6 Å². The van der Waals surface area contributed by atoms with Gasteiger partial charge >= 0.3 is 0 Å². The van der Waals surface area contributed by atoms with Gasteiger partial charge in [-0.05, 0) is 26.5 Å². The standard InChI is InChI=1S/C11H19N3O2S/c1-8-9(13-10(15)4-5-17)6-12-14(8)7-11(2,3)16/h6,16-17H,4-5,7H2,1-3H3,(H,13,15). The van der Waals surface area contributed by atoms with Crippen LogP contribution in [0.2, 0.25) is 0 Å². The molecule has 0 aliphatic rings. The molecule has 0 bridgehead atoms. The molecule has 0 aliphatic heterocycles. The lowest BCUT2D eigenvalue weighted by molar-refractivity contribution is -0.115. The minimum absolute atomic E-state index is 0.0779. The van der Waals surface area contributed by atoms with E-state index in [1.54, 1.807) is 24.7 Å². The van der Waals surface area contributed by atoms with Gasteiger partial charge in [-0.2, -0.15) is 17.7 Å². The van der Waals surface area contributed by atoms with Crippen molar-refractivity contribution in [2.75, 3.05) is 11.1 Å². The third-order valence-electron chi connectivity index (χ3n) is 2.25. The molecule has 1 aromatic rings. The minimum atomic E-state index is -0.830. The number of amides is 1. The summed E-state index contributed by atoms with van der Waals surface area (Å²) in [7, 11) is 0. The van der Waals surface area contributed by atoms with E-state index in [1.165, 1.54) is 0 Å². The molecular formula is C11H19N3O2S. The number of anilines is 1. The molecule has 0 aromatic carbocycles. The van der Waals surface area contributed by atoms with Gasteiger partial charge in [0.1, 0.15) is 0 Å². The van der Waals surface area contributed by atoms with Crippen molar-refractivity contribution < 1.29 is 9.90 Å². The fourth-order valence-electron chi connectivity index (χ4n) is 1.41. The highest BCUT2D eigenvalue weighted by atomic mass is 32.1. The van der Waals surface area contributed by atoms with Gasteiger partial charge in [0, 0.05) is 6.42 Å². The molecule has 0 saturated carbocycles. The molecule has 0 atom stereocenters. The van der Waals surface area contributed by atoms with Gasteiger partial charge in [-0.3, -0.25) is 9.48 Å². The van der Waals surface area contributed by atoms with Gasteiger partial charge in [-0.15, -0.1) is 0 Å². The second kappa shape index (κ2) is 5.55. The lowest BCUT2D eigenvalue weighted by atomic mass is 10.1. The highest BCUT2D eigenvalue weighted by molar-refractivity contribution is 7.80. The van der Waals surface area contributed by atoms with Crippen LogP contribution in [0.15, 0.2) is 6.20 Å². The van der Waals surface area contributed by atoms with E-state index >= 15 is 0 Å². The summed E-state index contributed by atoms with van der Waals surface area (Å²) < 4.78 is 1.68. The number of rotatable bonds is 5. The van der Waals surface area contributed by atoms with E-state index in [-0.39, 0.29) is 5.91 Å². The van der Waals surface area contributed by atoms with Crippen molar-refractivity contribution in [3.05, 3.63) is 11.9 Å². The Morgan fingerprint density at radius 2 is 2.29 bits per heavy atom. The third-order valence-corrected chi connectivity index (χ3v) is 2.48. The maximum Gasteiger partial charge on any atom is 0.225 e. The quantitative estimate of drug-likeness (QED) is 0.695. The summed E-state index contributed by atoms with van der Waals surface area (Å²) in [6, 6.07) is 0. The SMILES string of the molecule is Cc1c(NC(=O)CCS)cnn1CC(C)(C)O. The van der Waals surface area contributed by atoms with Crippen LogP contribution in [0, 0.1) is 6.92 Å². The van der Waals surface area contributed by atoms with E-state index in [9.17, 15) is 9.90 Å². The molecule has 0 spiro atoms. The predicted molar refractivity (Wildman–Crippen MR) is 70.4 cm³/mol. The van der Waals surface area contributed by atoms with Gasteiger partial charge in [0.15, 0.2) is 0 Å². The van der Waals surface area contributed by atoms with E-state index in [4.69, 9.17) is 0 Å². The normalized spacial score (nSPS) is 11.6. The average Bonchev–Trinajstić information content (AvgIpc) is 2.48.